The van der Waals surface area contributed by atoms with E-state index in [9.17, 15) is 28.6 Å². The minimum absolute atomic E-state index is 0.0908. The van der Waals surface area contributed by atoms with E-state index in [2.05, 4.69) is 28.1 Å². The number of nitrogens with two attached hydrogens (primary N) is 1. The normalized spacial score (nSPS) is 27.0. The molecule has 0 aromatic carbocycles. The first kappa shape index (κ1) is 27.6. The summed E-state index contributed by atoms with van der Waals surface area (Å²) < 4.78 is 58.8. The summed E-state index contributed by atoms with van der Waals surface area (Å²) in [4.78, 5) is 48.0. The van der Waals surface area contributed by atoms with E-state index in [1.807, 2.05) is 0 Å². The first-order valence-corrected chi connectivity index (χ1v) is 14.8. The summed E-state index contributed by atoms with van der Waals surface area (Å²) in [6, 6.07) is 0. The maximum atomic E-state index is 12.0. The highest BCUT2D eigenvalue weighted by atomic mass is 32.2. The van der Waals surface area contributed by atoms with Crippen molar-refractivity contribution in [3.8, 4) is 0 Å². The average Bonchev–Trinajstić information content (AvgIpc) is 3.24. The minimum Gasteiger partial charge on any atom is -0.387 e. The summed E-state index contributed by atoms with van der Waals surface area (Å²) in [7, 11) is -16.7. The molecular formula is C12H20N5O13P3S. The Hall–Kier alpha value is -1.01. The van der Waals surface area contributed by atoms with E-state index < -0.39 is 54.6 Å². The number of fused-ring (bicyclic) bond motifs is 1. The van der Waals surface area contributed by atoms with Crippen LogP contribution in [0.1, 0.15) is 6.23 Å². The van der Waals surface area contributed by atoms with E-state index in [0.29, 0.717) is 0 Å². The zero-order valence-corrected chi connectivity index (χ0v) is 20.5. The van der Waals surface area contributed by atoms with E-state index >= 15 is 0 Å². The molecule has 22 heteroatoms. The molecule has 34 heavy (non-hydrogen) atoms. The van der Waals surface area contributed by atoms with Crippen LogP contribution in [0.15, 0.2) is 12.7 Å². The molecule has 0 aliphatic carbocycles. The topological polar surface area (TPSA) is 268 Å². The van der Waals surface area contributed by atoms with Crippen molar-refractivity contribution >= 4 is 52.2 Å². The van der Waals surface area contributed by atoms with Crippen LogP contribution in [-0.4, -0.2) is 81.3 Å². The number of phosphoric ester groups is 1. The van der Waals surface area contributed by atoms with Gasteiger partial charge in [-0.15, -0.1) is 11.8 Å². The number of aliphatic hydroxyl groups excluding tert-OH is 1. The van der Waals surface area contributed by atoms with Gasteiger partial charge in [-0.1, -0.05) is 0 Å². The van der Waals surface area contributed by atoms with Crippen LogP contribution in [0.5, 0.6) is 0 Å². The SMILES string of the molecule is CSCO[C@@H]1[C@H](O)[C@@H](COP(=O)(O)OP(=O)(O)OP(=O)(O)O)O[C@H]1n1cnc2c(N)ncnc21. The zero-order valence-electron chi connectivity index (χ0n) is 17.0. The van der Waals surface area contributed by atoms with Crippen LogP contribution >= 0.6 is 35.2 Å². The van der Waals surface area contributed by atoms with Gasteiger partial charge < -0.3 is 39.9 Å². The second-order valence-electron chi connectivity index (χ2n) is 6.56. The highest BCUT2D eigenvalue weighted by molar-refractivity contribution is 7.98. The monoisotopic (exact) mass is 567 g/mol. The van der Waals surface area contributed by atoms with E-state index in [1.165, 1.54) is 29.0 Å². The van der Waals surface area contributed by atoms with Crippen LogP contribution in [0, 0.1) is 0 Å². The molecule has 1 aliphatic rings. The predicted octanol–water partition coefficient (Wildman–Crippen LogP) is -0.284. The van der Waals surface area contributed by atoms with Gasteiger partial charge in [0, 0.05) is 0 Å². The van der Waals surface area contributed by atoms with Crippen molar-refractivity contribution in [3.63, 3.8) is 0 Å². The number of imidazole rings is 1. The van der Waals surface area contributed by atoms with Crippen LogP contribution in [-0.2, 0) is 36.3 Å². The molecule has 1 saturated heterocycles. The fraction of sp³-hybridized carbons (Fsp3) is 0.583. The van der Waals surface area contributed by atoms with Crippen molar-refractivity contribution in [1.82, 2.24) is 19.5 Å². The third kappa shape index (κ3) is 6.81. The molecular weight excluding hydrogens is 547 g/mol. The molecule has 1 fully saturated rings. The Kier molecular flexibility index (Phi) is 8.55. The number of hydrogen-bond acceptors (Lipinski definition) is 14. The fourth-order valence-corrected chi connectivity index (χ4v) is 6.26. The van der Waals surface area contributed by atoms with Gasteiger partial charge in [0.1, 0.15) is 30.2 Å². The molecule has 3 rings (SSSR count). The van der Waals surface area contributed by atoms with E-state index in [-0.39, 0.29) is 22.9 Å². The molecule has 0 radical (unpaired) electrons. The van der Waals surface area contributed by atoms with Crippen molar-refractivity contribution < 1.29 is 61.0 Å². The summed E-state index contributed by atoms with van der Waals surface area (Å²) in [5.74, 6) is 0.224. The second-order valence-corrected chi connectivity index (χ2v) is 11.8. The number of phosphoric acid groups is 3. The molecule has 18 nitrogen and oxygen atoms in total. The number of aromatic nitrogens is 4. The maximum absolute atomic E-state index is 12.0. The first-order chi connectivity index (χ1) is 15.7. The smallest absolute Gasteiger partial charge is 0.387 e. The van der Waals surface area contributed by atoms with Crippen LogP contribution in [0.3, 0.4) is 0 Å². The largest absolute Gasteiger partial charge is 0.490 e. The molecule has 2 aromatic heterocycles. The lowest BCUT2D eigenvalue weighted by Crippen LogP contribution is -2.35. The Bertz CT molecular complexity index is 1160. The van der Waals surface area contributed by atoms with Crippen LogP contribution in [0.25, 0.3) is 11.2 Å². The predicted molar refractivity (Wildman–Crippen MR) is 113 cm³/mol. The van der Waals surface area contributed by atoms with Gasteiger partial charge in [0.05, 0.1) is 18.9 Å². The summed E-state index contributed by atoms with van der Waals surface area (Å²) in [6.45, 7) is -0.871. The second kappa shape index (κ2) is 10.5. The molecule has 2 aromatic rings. The van der Waals surface area contributed by atoms with Gasteiger partial charge in [-0.3, -0.25) is 9.09 Å². The van der Waals surface area contributed by atoms with E-state index in [1.54, 1.807) is 6.26 Å². The average molecular weight is 567 g/mol. The van der Waals surface area contributed by atoms with Crippen molar-refractivity contribution in [3.05, 3.63) is 12.7 Å². The Labute approximate surface area is 194 Å². The van der Waals surface area contributed by atoms with Crippen molar-refractivity contribution in [1.29, 1.82) is 0 Å². The lowest BCUT2D eigenvalue weighted by molar-refractivity contribution is -0.0602. The van der Waals surface area contributed by atoms with E-state index in [4.69, 9.17) is 25.0 Å². The number of ether oxygens (including phenoxy) is 2. The first-order valence-electron chi connectivity index (χ1n) is 8.88. The van der Waals surface area contributed by atoms with Gasteiger partial charge >= 0.3 is 23.5 Å². The van der Waals surface area contributed by atoms with Gasteiger partial charge in [-0.05, 0) is 6.26 Å². The van der Waals surface area contributed by atoms with E-state index in [0.717, 1.165) is 0 Å². The quantitative estimate of drug-likeness (QED) is 0.150. The molecule has 2 unspecified atom stereocenters. The Morgan fingerprint density at radius 3 is 2.50 bits per heavy atom. The molecule has 0 spiro atoms. The highest BCUT2D eigenvalue weighted by Gasteiger charge is 2.48. The highest BCUT2D eigenvalue weighted by Crippen LogP contribution is 2.66. The molecule has 0 saturated carbocycles. The fourth-order valence-electron chi connectivity index (χ4n) is 2.93. The number of hydrogen-bond donors (Lipinski definition) is 6. The zero-order chi connectivity index (χ0) is 25.3. The third-order valence-electron chi connectivity index (χ3n) is 4.17. The summed E-state index contributed by atoms with van der Waals surface area (Å²) in [5.41, 5.74) is 6.27. The standard InChI is InChI=1S/C12H20N5O13P3S/c1-34-5-26-9-8(18)6(2-27-32(22,23)30-33(24,25)29-31(19,20)21)28-12(9)17-4-16-7-10(13)14-3-15-11(7)17/h3-4,6,8-9,12,18H,2,5H2,1H3,(H,22,23)(H,24,25)(H2,13,14,15)(H2,19,20,21)/t6-,8-,9-,12-/m1/s1. The van der Waals surface area contributed by atoms with Crippen LogP contribution in [0.4, 0.5) is 5.82 Å². The number of thioether (sulfide) groups is 1. The van der Waals surface area contributed by atoms with Gasteiger partial charge in [0.25, 0.3) is 0 Å². The maximum Gasteiger partial charge on any atom is 0.490 e. The molecule has 6 atom stereocenters. The minimum atomic E-state index is -5.69. The number of nitrogen functional groups attached to an aromatic ring is 1. The third-order valence-corrected chi connectivity index (χ3v) is 8.34. The summed E-state index contributed by atoms with van der Waals surface area (Å²) in [5, 5.41) is 10.7. The van der Waals surface area contributed by atoms with Gasteiger partial charge in [-0.2, -0.15) is 8.62 Å². The molecule has 0 amide bonds. The number of rotatable bonds is 11. The number of aliphatic hydroxyl groups is 1. The van der Waals surface area contributed by atoms with Crippen molar-refractivity contribution in [2.45, 2.75) is 24.5 Å². The van der Waals surface area contributed by atoms with Crippen LogP contribution in [0.2, 0.25) is 0 Å². The Morgan fingerprint density at radius 1 is 1.15 bits per heavy atom. The molecule has 0 bridgehead atoms. The molecule has 192 valence electrons. The Balaban J connectivity index is 1.76. The summed E-state index contributed by atoms with van der Waals surface area (Å²) in [6.07, 6.45) is -0.644. The van der Waals surface area contributed by atoms with Crippen molar-refractivity contribution in [2.24, 2.45) is 0 Å². The van der Waals surface area contributed by atoms with Gasteiger partial charge in [0.15, 0.2) is 17.7 Å². The van der Waals surface area contributed by atoms with Gasteiger partial charge in [-0.25, -0.2) is 28.6 Å². The number of nitrogens with zero attached hydrogens (tertiary/aromatic N) is 4. The molecule has 3 heterocycles. The molecule has 7 N–H and O–H groups in total. The van der Waals surface area contributed by atoms with Crippen molar-refractivity contribution in [2.75, 3.05) is 24.5 Å². The lowest BCUT2D eigenvalue weighted by Gasteiger charge is -2.21. The number of anilines is 1. The summed E-state index contributed by atoms with van der Waals surface area (Å²) >= 11 is 1.29. The molecule has 1 aliphatic heterocycles. The van der Waals surface area contributed by atoms with Gasteiger partial charge in [0.2, 0.25) is 0 Å². The van der Waals surface area contributed by atoms with Crippen LogP contribution < -0.4 is 5.73 Å². The Morgan fingerprint density at radius 2 is 1.85 bits per heavy atom. The lowest BCUT2D eigenvalue weighted by atomic mass is 10.1.